The molecule has 0 amide bonds. The van der Waals surface area contributed by atoms with Crippen LogP contribution in [0.4, 0.5) is 11.4 Å². The van der Waals surface area contributed by atoms with Crippen molar-refractivity contribution < 1.29 is 8.42 Å². The van der Waals surface area contributed by atoms with Gasteiger partial charge in [0.25, 0.3) is 0 Å². The molecule has 2 unspecified atom stereocenters. The van der Waals surface area contributed by atoms with Crippen LogP contribution < -0.4 is 16.2 Å². The fourth-order valence-electron chi connectivity index (χ4n) is 2.95. The normalized spacial score (nSPS) is 22.9. The highest BCUT2D eigenvalue weighted by Crippen LogP contribution is 2.31. The first-order valence-electron chi connectivity index (χ1n) is 6.94. The third kappa shape index (κ3) is 3.43. The van der Waals surface area contributed by atoms with Crippen LogP contribution in [0.3, 0.4) is 0 Å². The predicted molar refractivity (Wildman–Crippen MR) is 82.0 cm³/mol. The second-order valence-corrected chi connectivity index (χ2v) is 7.43. The second-order valence-electron chi connectivity index (χ2n) is 5.90. The molecule has 1 aliphatic rings. The molecule has 5 N–H and O–H groups in total. The molecular formula is C14H23N3O2S. The van der Waals surface area contributed by atoms with Gasteiger partial charge in [0, 0.05) is 17.9 Å². The first-order valence-corrected chi connectivity index (χ1v) is 8.49. The number of nitrogen functional groups attached to an aromatic ring is 1. The van der Waals surface area contributed by atoms with Crippen molar-refractivity contribution in [2.24, 2.45) is 17.0 Å². The van der Waals surface area contributed by atoms with Crippen LogP contribution in [0.1, 0.15) is 31.7 Å². The molecule has 0 aliphatic heterocycles. The number of benzene rings is 1. The molecule has 1 aliphatic carbocycles. The van der Waals surface area contributed by atoms with E-state index in [1.807, 2.05) is 0 Å². The van der Waals surface area contributed by atoms with Gasteiger partial charge in [0.2, 0.25) is 10.0 Å². The molecule has 2 atom stereocenters. The van der Waals surface area contributed by atoms with Crippen LogP contribution in [0.15, 0.2) is 17.0 Å². The maximum absolute atomic E-state index is 11.6. The third-order valence-corrected chi connectivity index (χ3v) is 5.11. The summed E-state index contributed by atoms with van der Waals surface area (Å²) in [5.74, 6) is 1.42. The number of rotatable bonds is 4. The summed E-state index contributed by atoms with van der Waals surface area (Å²) in [6, 6.07) is 3.18. The molecule has 1 fully saturated rings. The molecule has 2 rings (SSSR count). The van der Waals surface area contributed by atoms with Gasteiger partial charge in [-0.2, -0.15) is 0 Å². The van der Waals surface area contributed by atoms with Gasteiger partial charge < -0.3 is 11.1 Å². The summed E-state index contributed by atoms with van der Waals surface area (Å²) in [6.07, 6.45) is 3.71. The Kier molecular flexibility index (Phi) is 4.25. The van der Waals surface area contributed by atoms with Crippen molar-refractivity contribution in [1.29, 1.82) is 0 Å². The van der Waals surface area contributed by atoms with Crippen molar-refractivity contribution in [3.63, 3.8) is 0 Å². The summed E-state index contributed by atoms with van der Waals surface area (Å²) in [7, 11) is -3.74. The van der Waals surface area contributed by atoms with Gasteiger partial charge in [0.1, 0.15) is 0 Å². The van der Waals surface area contributed by atoms with E-state index in [4.69, 9.17) is 10.9 Å². The van der Waals surface area contributed by atoms with Gasteiger partial charge in [0.05, 0.1) is 4.90 Å². The molecule has 0 spiro atoms. The lowest BCUT2D eigenvalue weighted by atomic mass is 10.1. The Morgan fingerprint density at radius 1 is 1.35 bits per heavy atom. The number of hydrogen-bond acceptors (Lipinski definition) is 4. The van der Waals surface area contributed by atoms with Crippen LogP contribution in [-0.2, 0) is 10.0 Å². The average Bonchev–Trinajstić information content (AvgIpc) is 2.74. The first kappa shape index (κ1) is 15.1. The lowest BCUT2D eigenvalue weighted by Gasteiger charge is -2.16. The van der Waals surface area contributed by atoms with E-state index in [-0.39, 0.29) is 4.90 Å². The van der Waals surface area contributed by atoms with E-state index in [1.165, 1.54) is 25.3 Å². The summed E-state index contributed by atoms with van der Waals surface area (Å²) < 4.78 is 23.1. The molecule has 5 nitrogen and oxygen atoms in total. The van der Waals surface area contributed by atoms with Gasteiger partial charge in [-0.25, -0.2) is 13.6 Å². The SMILES string of the molecule is Cc1c(NCC2CCC(C)C2)cc(N)cc1S(N)(=O)=O. The smallest absolute Gasteiger partial charge is 0.238 e. The average molecular weight is 297 g/mol. The number of nitrogens with two attached hydrogens (primary N) is 2. The Bertz CT molecular complexity index is 599. The minimum atomic E-state index is -3.74. The maximum Gasteiger partial charge on any atom is 0.238 e. The number of sulfonamides is 1. The lowest BCUT2D eigenvalue weighted by molar-refractivity contribution is 0.537. The van der Waals surface area contributed by atoms with E-state index in [9.17, 15) is 8.42 Å². The fourth-order valence-corrected chi connectivity index (χ4v) is 3.79. The van der Waals surface area contributed by atoms with Crippen LogP contribution in [0, 0.1) is 18.8 Å². The van der Waals surface area contributed by atoms with Gasteiger partial charge >= 0.3 is 0 Å². The maximum atomic E-state index is 11.6. The largest absolute Gasteiger partial charge is 0.399 e. The van der Waals surface area contributed by atoms with E-state index < -0.39 is 10.0 Å². The van der Waals surface area contributed by atoms with Crippen molar-refractivity contribution in [3.8, 4) is 0 Å². The Morgan fingerprint density at radius 2 is 2.05 bits per heavy atom. The molecule has 1 aromatic carbocycles. The van der Waals surface area contributed by atoms with Crippen molar-refractivity contribution in [3.05, 3.63) is 17.7 Å². The number of hydrogen-bond donors (Lipinski definition) is 3. The monoisotopic (exact) mass is 297 g/mol. The van der Waals surface area contributed by atoms with E-state index in [1.54, 1.807) is 13.0 Å². The molecule has 0 aromatic heterocycles. The molecule has 0 saturated heterocycles. The van der Waals surface area contributed by atoms with Crippen molar-refractivity contribution in [1.82, 2.24) is 0 Å². The summed E-state index contributed by atoms with van der Waals surface area (Å²) >= 11 is 0. The van der Waals surface area contributed by atoms with E-state index in [0.29, 0.717) is 17.2 Å². The molecule has 112 valence electrons. The van der Waals surface area contributed by atoms with Crippen molar-refractivity contribution in [2.45, 2.75) is 38.0 Å². The number of anilines is 2. The highest BCUT2D eigenvalue weighted by molar-refractivity contribution is 7.89. The highest BCUT2D eigenvalue weighted by atomic mass is 32.2. The van der Waals surface area contributed by atoms with E-state index in [2.05, 4.69) is 12.2 Å². The van der Waals surface area contributed by atoms with Crippen LogP contribution in [-0.4, -0.2) is 15.0 Å². The summed E-state index contributed by atoms with van der Waals surface area (Å²) in [5.41, 5.74) is 7.57. The Balaban J connectivity index is 2.18. The van der Waals surface area contributed by atoms with Crippen molar-refractivity contribution >= 4 is 21.4 Å². The van der Waals surface area contributed by atoms with Crippen LogP contribution in [0.2, 0.25) is 0 Å². The molecular weight excluding hydrogens is 274 g/mol. The molecule has 0 radical (unpaired) electrons. The second kappa shape index (κ2) is 5.61. The van der Waals surface area contributed by atoms with Gasteiger partial charge in [-0.05, 0) is 49.3 Å². The topological polar surface area (TPSA) is 98.2 Å². The molecule has 20 heavy (non-hydrogen) atoms. The van der Waals surface area contributed by atoms with Crippen LogP contribution in [0.25, 0.3) is 0 Å². The predicted octanol–water partition coefficient (Wildman–Crippen LogP) is 2.07. The zero-order chi connectivity index (χ0) is 14.9. The Hall–Kier alpha value is -1.27. The highest BCUT2D eigenvalue weighted by Gasteiger charge is 2.22. The molecule has 1 aromatic rings. The lowest BCUT2D eigenvalue weighted by Crippen LogP contribution is -2.17. The van der Waals surface area contributed by atoms with E-state index in [0.717, 1.165) is 18.2 Å². The van der Waals surface area contributed by atoms with Gasteiger partial charge in [-0.3, -0.25) is 0 Å². The van der Waals surface area contributed by atoms with Crippen molar-refractivity contribution in [2.75, 3.05) is 17.6 Å². The third-order valence-electron chi connectivity index (χ3n) is 4.07. The first-order chi connectivity index (χ1) is 9.27. The molecule has 6 heteroatoms. The number of nitrogens with one attached hydrogen (secondary N) is 1. The van der Waals surface area contributed by atoms with Gasteiger partial charge in [0.15, 0.2) is 0 Å². The van der Waals surface area contributed by atoms with Crippen LogP contribution >= 0.6 is 0 Å². The Morgan fingerprint density at radius 3 is 2.60 bits per heavy atom. The van der Waals surface area contributed by atoms with E-state index >= 15 is 0 Å². The number of primary sulfonamides is 1. The Labute approximate surface area is 120 Å². The molecule has 0 heterocycles. The van der Waals surface area contributed by atoms with Crippen LogP contribution in [0.5, 0.6) is 0 Å². The fraction of sp³-hybridized carbons (Fsp3) is 0.571. The molecule has 1 saturated carbocycles. The zero-order valence-corrected chi connectivity index (χ0v) is 12.8. The standard InChI is InChI=1S/C14H23N3O2S/c1-9-3-4-11(5-9)8-17-13-6-12(15)7-14(10(13)2)20(16,18)19/h6-7,9,11,17H,3-5,8,15H2,1-2H3,(H2,16,18,19). The van der Waals surface area contributed by atoms with Gasteiger partial charge in [-0.15, -0.1) is 0 Å². The minimum absolute atomic E-state index is 0.0970. The quantitative estimate of drug-likeness (QED) is 0.741. The summed E-state index contributed by atoms with van der Waals surface area (Å²) in [6.45, 7) is 4.86. The molecule has 0 bridgehead atoms. The summed E-state index contributed by atoms with van der Waals surface area (Å²) in [5, 5.41) is 8.55. The summed E-state index contributed by atoms with van der Waals surface area (Å²) in [4.78, 5) is 0.0970. The zero-order valence-electron chi connectivity index (χ0n) is 12.0. The minimum Gasteiger partial charge on any atom is -0.399 e. The van der Waals surface area contributed by atoms with Gasteiger partial charge in [-0.1, -0.05) is 13.3 Å².